The fourth-order valence-corrected chi connectivity index (χ4v) is 1.74. The molecule has 1 aliphatic rings. The van der Waals surface area contributed by atoms with E-state index < -0.39 is 0 Å². The zero-order valence-electron chi connectivity index (χ0n) is 8.25. The van der Waals surface area contributed by atoms with Crippen LogP contribution >= 0.6 is 11.6 Å². The average Bonchev–Trinajstić information content (AvgIpc) is 2.21. The van der Waals surface area contributed by atoms with Gasteiger partial charge in [0.2, 0.25) is 0 Å². The van der Waals surface area contributed by atoms with Crippen molar-refractivity contribution in [2.24, 2.45) is 4.99 Å². The molecule has 0 saturated heterocycles. The highest BCUT2D eigenvalue weighted by molar-refractivity contribution is 6.30. The lowest BCUT2D eigenvalue weighted by Crippen LogP contribution is -2.25. The molecule has 0 radical (unpaired) electrons. The molecule has 2 nitrogen and oxygen atoms in total. The van der Waals surface area contributed by atoms with Gasteiger partial charge in [0.15, 0.2) is 6.40 Å². The van der Waals surface area contributed by atoms with Crippen LogP contribution < -0.4 is 0 Å². The second-order valence-electron chi connectivity index (χ2n) is 4.06. The Morgan fingerprint density at radius 1 is 1.43 bits per heavy atom. The second kappa shape index (κ2) is 3.28. The molecule has 14 heavy (non-hydrogen) atoms. The van der Waals surface area contributed by atoms with Crippen LogP contribution in [-0.2, 0) is 11.2 Å². The first kappa shape index (κ1) is 9.53. The lowest BCUT2D eigenvalue weighted by molar-refractivity contribution is 0.107. The quantitative estimate of drug-likeness (QED) is 0.642. The Morgan fingerprint density at radius 3 is 3.00 bits per heavy atom. The van der Waals surface area contributed by atoms with Gasteiger partial charge in [-0.2, -0.15) is 0 Å². The number of ether oxygens (including phenoxy) is 1. The minimum absolute atomic E-state index is 0.209. The van der Waals surface area contributed by atoms with Gasteiger partial charge in [0.25, 0.3) is 0 Å². The van der Waals surface area contributed by atoms with Gasteiger partial charge in [-0.1, -0.05) is 11.6 Å². The molecule has 0 fully saturated rings. The predicted molar refractivity (Wildman–Crippen MR) is 58.5 cm³/mol. The van der Waals surface area contributed by atoms with Gasteiger partial charge in [-0.25, -0.2) is 4.99 Å². The molecule has 74 valence electrons. The van der Waals surface area contributed by atoms with E-state index in [0.717, 1.165) is 22.7 Å². The normalized spacial score (nSPS) is 18.2. The molecule has 1 aliphatic heterocycles. The van der Waals surface area contributed by atoms with Crippen molar-refractivity contribution in [3.63, 3.8) is 0 Å². The van der Waals surface area contributed by atoms with E-state index in [-0.39, 0.29) is 5.60 Å². The minimum atomic E-state index is -0.209. The Balaban J connectivity index is 2.46. The molecule has 0 aromatic heterocycles. The summed E-state index contributed by atoms with van der Waals surface area (Å²) >= 11 is 5.93. The molecule has 1 aromatic rings. The molecular formula is C11H12ClNO. The van der Waals surface area contributed by atoms with Crippen LogP contribution in [0.5, 0.6) is 0 Å². The number of hydrogen-bond acceptors (Lipinski definition) is 2. The molecule has 0 aliphatic carbocycles. The van der Waals surface area contributed by atoms with Gasteiger partial charge in [-0.3, -0.25) is 0 Å². The molecule has 0 saturated carbocycles. The fraction of sp³-hybridized carbons (Fsp3) is 0.364. The van der Waals surface area contributed by atoms with Crippen molar-refractivity contribution in [1.82, 2.24) is 0 Å². The van der Waals surface area contributed by atoms with Crippen molar-refractivity contribution >= 4 is 23.7 Å². The lowest BCUT2D eigenvalue weighted by Gasteiger charge is -2.21. The van der Waals surface area contributed by atoms with Gasteiger partial charge in [0.05, 0.1) is 5.69 Å². The number of hydrogen-bond donors (Lipinski definition) is 0. The van der Waals surface area contributed by atoms with E-state index in [0.29, 0.717) is 0 Å². The van der Waals surface area contributed by atoms with Gasteiger partial charge in [-0.15, -0.1) is 0 Å². The molecule has 1 aromatic carbocycles. The van der Waals surface area contributed by atoms with Crippen LogP contribution in [0, 0.1) is 0 Å². The molecular weight excluding hydrogens is 198 g/mol. The highest BCUT2D eigenvalue weighted by Gasteiger charge is 2.22. The van der Waals surface area contributed by atoms with Crippen LogP contribution in [-0.4, -0.2) is 12.0 Å². The molecule has 1 heterocycles. The van der Waals surface area contributed by atoms with Crippen molar-refractivity contribution in [2.75, 3.05) is 0 Å². The number of fused-ring (bicyclic) bond motifs is 1. The fourth-order valence-electron chi connectivity index (χ4n) is 1.55. The zero-order chi connectivity index (χ0) is 10.2. The van der Waals surface area contributed by atoms with Crippen molar-refractivity contribution < 1.29 is 4.74 Å². The van der Waals surface area contributed by atoms with Crippen LogP contribution in [0.4, 0.5) is 5.69 Å². The summed E-state index contributed by atoms with van der Waals surface area (Å²) in [7, 11) is 0. The Labute approximate surface area is 88.6 Å². The second-order valence-corrected chi connectivity index (χ2v) is 4.50. The van der Waals surface area contributed by atoms with Gasteiger partial charge >= 0.3 is 0 Å². The Kier molecular flexibility index (Phi) is 2.23. The van der Waals surface area contributed by atoms with Gasteiger partial charge in [-0.05, 0) is 37.6 Å². The van der Waals surface area contributed by atoms with Crippen molar-refractivity contribution in [2.45, 2.75) is 25.9 Å². The summed E-state index contributed by atoms with van der Waals surface area (Å²) in [5, 5.41) is 0.747. The van der Waals surface area contributed by atoms with Gasteiger partial charge < -0.3 is 4.74 Å². The van der Waals surface area contributed by atoms with Crippen LogP contribution in [0.3, 0.4) is 0 Å². The number of benzene rings is 1. The van der Waals surface area contributed by atoms with Gasteiger partial charge in [0, 0.05) is 11.4 Å². The van der Waals surface area contributed by atoms with Gasteiger partial charge in [0.1, 0.15) is 5.60 Å². The molecule has 0 atom stereocenters. The molecule has 0 N–H and O–H groups in total. The van der Waals surface area contributed by atoms with E-state index in [1.54, 1.807) is 0 Å². The smallest absolute Gasteiger partial charge is 0.175 e. The van der Waals surface area contributed by atoms with E-state index in [2.05, 4.69) is 4.99 Å². The Morgan fingerprint density at radius 2 is 2.21 bits per heavy atom. The summed E-state index contributed by atoms with van der Waals surface area (Å²) < 4.78 is 5.48. The molecule has 0 bridgehead atoms. The van der Waals surface area contributed by atoms with Crippen LogP contribution in [0.25, 0.3) is 0 Å². The SMILES string of the molecule is CC1(C)Cc2cc(Cl)ccc2N=CO1. The third kappa shape index (κ3) is 1.90. The maximum Gasteiger partial charge on any atom is 0.175 e. The molecule has 0 unspecified atom stereocenters. The maximum atomic E-state index is 5.93. The summed E-state index contributed by atoms with van der Waals surface area (Å²) in [6.07, 6.45) is 2.34. The van der Waals surface area contributed by atoms with Crippen molar-refractivity contribution in [3.05, 3.63) is 28.8 Å². The zero-order valence-corrected chi connectivity index (χ0v) is 9.01. The highest BCUT2D eigenvalue weighted by atomic mass is 35.5. The molecule has 0 amide bonds. The standard InChI is InChI=1S/C11H12ClNO/c1-11(2)6-8-5-9(12)3-4-10(8)13-7-14-11/h3-5,7H,6H2,1-2H3. The highest BCUT2D eigenvalue weighted by Crippen LogP contribution is 2.30. The Hall–Kier alpha value is -1.02. The van der Waals surface area contributed by atoms with E-state index in [1.165, 1.54) is 6.40 Å². The third-order valence-electron chi connectivity index (χ3n) is 2.22. The number of nitrogens with zero attached hydrogens (tertiary/aromatic N) is 1. The van der Waals surface area contributed by atoms with E-state index in [9.17, 15) is 0 Å². The topological polar surface area (TPSA) is 21.6 Å². The van der Waals surface area contributed by atoms with Crippen LogP contribution in [0.15, 0.2) is 23.2 Å². The number of rotatable bonds is 0. The first-order valence-electron chi connectivity index (χ1n) is 4.56. The maximum absolute atomic E-state index is 5.93. The van der Waals surface area contributed by atoms with E-state index in [1.807, 2.05) is 32.0 Å². The monoisotopic (exact) mass is 209 g/mol. The molecule has 0 spiro atoms. The summed E-state index contributed by atoms with van der Waals surface area (Å²) in [5.41, 5.74) is 1.87. The average molecular weight is 210 g/mol. The minimum Gasteiger partial charge on any atom is -0.477 e. The summed E-state index contributed by atoms with van der Waals surface area (Å²) in [6, 6.07) is 5.71. The predicted octanol–water partition coefficient (Wildman–Crippen LogP) is 3.35. The van der Waals surface area contributed by atoms with Crippen molar-refractivity contribution in [3.8, 4) is 0 Å². The molecule has 3 heteroatoms. The van der Waals surface area contributed by atoms with Crippen LogP contribution in [0.1, 0.15) is 19.4 Å². The van der Waals surface area contributed by atoms with E-state index >= 15 is 0 Å². The van der Waals surface area contributed by atoms with Crippen LogP contribution in [0.2, 0.25) is 5.02 Å². The lowest BCUT2D eigenvalue weighted by atomic mass is 9.97. The third-order valence-corrected chi connectivity index (χ3v) is 2.46. The Bertz CT molecular complexity index is 385. The largest absolute Gasteiger partial charge is 0.477 e. The molecule has 2 rings (SSSR count). The summed E-state index contributed by atoms with van der Waals surface area (Å²) in [4.78, 5) is 4.22. The summed E-state index contributed by atoms with van der Waals surface area (Å²) in [6.45, 7) is 4.07. The summed E-state index contributed by atoms with van der Waals surface area (Å²) in [5.74, 6) is 0. The first-order chi connectivity index (χ1) is 6.57. The first-order valence-corrected chi connectivity index (χ1v) is 4.93. The number of aliphatic imine (C=N–C) groups is 1. The number of halogens is 1. The van der Waals surface area contributed by atoms with Crippen molar-refractivity contribution in [1.29, 1.82) is 0 Å². The van der Waals surface area contributed by atoms with E-state index in [4.69, 9.17) is 16.3 Å².